The van der Waals surface area contributed by atoms with E-state index in [4.69, 9.17) is 0 Å². The van der Waals surface area contributed by atoms with Crippen LogP contribution in [0.15, 0.2) is 35.1 Å². The molecule has 1 aromatic heterocycles. The molecule has 0 amide bonds. The Bertz CT molecular complexity index is 795. The summed E-state index contributed by atoms with van der Waals surface area (Å²) in [4.78, 5) is 23.9. The van der Waals surface area contributed by atoms with Gasteiger partial charge in [0.05, 0.1) is 4.92 Å². The second-order valence-electron chi connectivity index (χ2n) is 6.43. The number of hydrogen-bond donors (Lipinski definition) is 1. The van der Waals surface area contributed by atoms with Crippen molar-refractivity contribution < 1.29 is 4.92 Å². The zero-order chi connectivity index (χ0) is 18.7. The van der Waals surface area contributed by atoms with Crippen LogP contribution in [0.3, 0.4) is 0 Å². The second-order valence-corrected chi connectivity index (χ2v) is 7.35. The zero-order valence-electron chi connectivity index (χ0n) is 14.7. The molecule has 1 N–H and O–H groups in total. The molecule has 1 fully saturated rings. The van der Waals surface area contributed by atoms with E-state index in [1.807, 2.05) is 36.2 Å². The van der Waals surface area contributed by atoms with Crippen molar-refractivity contribution in [2.45, 2.75) is 18.9 Å². The normalized spacial score (nSPS) is 15.7. The van der Waals surface area contributed by atoms with E-state index in [-0.39, 0.29) is 17.5 Å². The molecule has 1 aliphatic heterocycles. The van der Waals surface area contributed by atoms with Crippen molar-refractivity contribution in [2.75, 3.05) is 37.4 Å². The number of likely N-dealkylation sites (tertiary alicyclic amines) is 1. The molecule has 0 bridgehead atoms. The Morgan fingerprint density at radius 1 is 1.35 bits per heavy atom. The zero-order valence-corrected chi connectivity index (χ0v) is 16.3. The average molecular weight is 421 g/mol. The van der Waals surface area contributed by atoms with Crippen LogP contribution in [0.2, 0.25) is 0 Å². The molecular weight excluding hydrogens is 400 g/mol. The largest absolute Gasteiger partial charge is 0.353 e. The molecule has 8 nitrogen and oxygen atoms in total. The third kappa shape index (κ3) is 4.10. The Morgan fingerprint density at radius 3 is 2.73 bits per heavy atom. The highest BCUT2D eigenvalue weighted by molar-refractivity contribution is 9.10. The van der Waals surface area contributed by atoms with E-state index in [0.717, 1.165) is 30.4 Å². The number of aromatic nitrogens is 2. The van der Waals surface area contributed by atoms with Gasteiger partial charge >= 0.3 is 5.69 Å². The number of anilines is 3. The Morgan fingerprint density at radius 2 is 2.08 bits per heavy atom. The molecule has 0 radical (unpaired) electrons. The lowest BCUT2D eigenvalue weighted by molar-refractivity contribution is -0.383. The quantitative estimate of drug-likeness (QED) is 0.585. The average Bonchev–Trinajstić information content (AvgIpc) is 2.61. The van der Waals surface area contributed by atoms with E-state index in [2.05, 4.69) is 43.2 Å². The number of nitro groups is 1. The summed E-state index contributed by atoms with van der Waals surface area (Å²) < 4.78 is 0.878. The Hall–Kier alpha value is -2.26. The van der Waals surface area contributed by atoms with Crippen LogP contribution in [0.5, 0.6) is 0 Å². The van der Waals surface area contributed by atoms with Gasteiger partial charge in [-0.25, -0.2) is 9.97 Å². The van der Waals surface area contributed by atoms with E-state index < -0.39 is 4.92 Å². The van der Waals surface area contributed by atoms with Crippen molar-refractivity contribution in [3.05, 3.63) is 45.2 Å². The van der Waals surface area contributed by atoms with Crippen LogP contribution in [-0.2, 0) is 0 Å². The Kier molecular flexibility index (Phi) is 5.67. The highest BCUT2D eigenvalue weighted by atomic mass is 79.9. The molecule has 0 unspecified atom stereocenters. The van der Waals surface area contributed by atoms with Crippen LogP contribution in [0.4, 0.5) is 23.0 Å². The smallest absolute Gasteiger partial charge is 0.351 e. The fraction of sp³-hybridized carbons (Fsp3) is 0.412. The summed E-state index contributed by atoms with van der Waals surface area (Å²) in [7, 11) is 3.96. The number of rotatable bonds is 5. The minimum absolute atomic E-state index is 0.103. The summed E-state index contributed by atoms with van der Waals surface area (Å²) in [5, 5.41) is 14.8. The molecule has 0 spiro atoms. The molecule has 3 rings (SSSR count). The van der Waals surface area contributed by atoms with Gasteiger partial charge in [-0.1, -0.05) is 22.0 Å². The summed E-state index contributed by atoms with van der Waals surface area (Å²) in [6.07, 6.45) is 3.26. The first kappa shape index (κ1) is 18.5. The second kappa shape index (κ2) is 7.96. The molecule has 26 heavy (non-hydrogen) atoms. The first-order valence-electron chi connectivity index (χ1n) is 8.39. The summed E-state index contributed by atoms with van der Waals surface area (Å²) in [6.45, 7) is 1.94. The lowest BCUT2D eigenvalue weighted by Gasteiger charge is -2.35. The Balaban J connectivity index is 1.92. The maximum absolute atomic E-state index is 11.8. The summed E-state index contributed by atoms with van der Waals surface area (Å²) in [5.41, 5.74) is 0.614. The molecule has 9 heteroatoms. The van der Waals surface area contributed by atoms with Crippen molar-refractivity contribution >= 4 is 38.9 Å². The predicted molar refractivity (Wildman–Crippen MR) is 105 cm³/mol. The van der Waals surface area contributed by atoms with Crippen molar-refractivity contribution in [3.8, 4) is 0 Å². The van der Waals surface area contributed by atoms with Gasteiger partial charge in [-0.05, 0) is 51.2 Å². The fourth-order valence-corrected chi connectivity index (χ4v) is 3.54. The number of piperidine rings is 1. The van der Waals surface area contributed by atoms with Gasteiger partial charge in [0, 0.05) is 23.2 Å². The topological polar surface area (TPSA) is 87.4 Å². The maximum Gasteiger partial charge on any atom is 0.353 e. The third-order valence-corrected chi connectivity index (χ3v) is 5.14. The standard InChI is InChI=1S/C17H21BrN6O2/c1-22-8-6-14(7-9-22)23(2)17-15(24(25)26)16(19-11-20-17)21-13-5-3-4-12(18)10-13/h3-5,10-11,14H,6-9H2,1-2H3,(H,19,20,21). The molecule has 1 saturated heterocycles. The monoisotopic (exact) mass is 420 g/mol. The van der Waals surface area contributed by atoms with Gasteiger partial charge in [0.15, 0.2) is 0 Å². The number of nitrogens with one attached hydrogen (secondary N) is 1. The molecular formula is C17H21BrN6O2. The van der Waals surface area contributed by atoms with E-state index >= 15 is 0 Å². The third-order valence-electron chi connectivity index (χ3n) is 4.64. The minimum Gasteiger partial charge on any atom is -0.351 e. The Labute approximate surface area is 160 Å². The fourth-order valence-electron chi connectivity index (χ4n) is 3.15. The van der Waals surface area contributed by atoms with Crippen molar-refractivity contribution in [1.82, 2.24) is 14.9 Å². The number of halogens is 1. The van der Waals surface area contributed by atoms with Crippen LogP contribution in [-0.4, -0.2) is 53.0 Å². The van der Waals surface area contributed by atoms with Gasteiger partial charge in [-0.2, -0.15) is 0 Å². The molecule has 0 saturated carbocycles. The molecule has 138 valence electrons. The number of benzene rings is 1. The summed E-state index contributed by atoms with van der Waals surface area (Å²) in [5.74, 6) is 0.537. The highest BCUT2D eigenvalue weighted by Gasteiger charge is 2.30. The van der Waals surface area contributed by atoms with E-state index in [9.17, 15) is 10.1 Å². The predicted octanol–water partition coefficient (Wildman–Crippen LogP) is 3.42. The van der Waals surface area contributed by atoms with Crippen molar-refractivity contribution in [3.63, 3.8) is 0 Å². The van der Waals surface area contributed by atoms with E-state index in [1.54, 1.807) is 0 Å². The first-order chi connectivity index (χ1) is 12.5. The van der Waals surface area contributed by atoms with Gasteiger partial charge in [0.2, 0.25) is 11.6 Å². The molecule has 1 aromatic carbocycles. The molecule has 0 aliphatic carbocycles. The van der Waals surface area contributed by atoms with Gasteiger partial charge in [0.25, 0.3) is 0 Å². The van der Waals surface area contributed by atoms with Crippen LogP contribution in [0, 0.1) is 10.1 Å². The molecule has 0 atom stereocenters. The molecule has 2 heterocycles. The number of nitrogens with zero attached hydrogens (tertiary/aromatic N) is 5. The lowest BCUT2D eigenvalue weighted by Crippen LogP contribution is -2.42. The molecule has 1 aliphatic rings. The van der Waals surface area contributed by atoms with Crippen LogP contribution in [0.25, 0.3) is 0 Å². The van der Waals surface area contributed by atoms with Crippen molar-refractivity contribution in [2.24, 2.45) is 0 Å². The van der Waals surface area contributed by atoms with E-state index in [0.29, 0.717) is 11.5 Å². The molecule has 2 aromatic rings. The summed E-state index contributed by atoms with van der Waals surface area (Å²) >= 11 is 3.40. The summed E-state index contributed by atoms with van der Waals surface area (Å²) in [6, 6.07) is 7.63. The van der Waals surface area contributed by atoms with E-state index in [1.165, 1.54) is 6.33 Å². The minimum atomic E-state index is -0.416. The maximum atomic E-state index is 11.8. The van der Waals surface area contributed by atoms with Gasteiger partial charge < -0.3 is 15.1 Å². The lowest BCUT2D eigenvalue weighted by atomic mass is 10.0. The van der Waals surface area contributed by atoms with Crippen LogP contribution < -0.4 is 10.2 Å². The van der Waals surface area contributed by atoms with Crippen LogP contribution in [0.1, 0.15) is 12.8 Å². The first-order valence-corrected chi connectivity index (χ1v) is 9.18. The van der Waals surface area contributed by atoms with Gasteiger partial charge in [-0.15, -0.1) is 0 Å². The van der Waals surface area contributed by atoms with Crippen molar-refractivity contribution in [1.29, 1.82) is 0 Å². The number of hydrogen-bond acceptors (Lipinski definition) is 7. The van der Waals surface area contributed by atoms with Crippen LogP contribution >= 0.6 is 15.9 Å². The van der Waals surface area contributed by atoms with Gasteiger partial charge in [-0.3, -0.25) is 10.1 Å². The highest BCUT2D eigenvalue weighted by Crippen LogP contribution is 2.35. The van der Waals surface area contributed by atoms with Gasteiger partial charge in [0.1, 0.15) is 6.33 Å². The SMILES string of the molecule is CN1CCC(N(C)c2ncnc(Nc3cccc(Br)c3)c2[N+](=O)[O-])CC1.